The van der Waals surface area contributed by atoms with E-state index in [4.69, 9.17) is 14.2 Å². The third kappa shape index (κ3) is 3.42. The Morgan fingerprint density at radius 3 is 2.15 bits per heavy atom. The Morgan fingerprint density at radius 2 is 1.55 bits per heavy atom. The summed E-state index contributed by atoms with van der Waals surface area (Å²) in [6, 6.07) is 14.6. The molecule has 0 aliphatic carbocycles. The number of ether oxygens (including phenoxy) is 3. The number of para-hydroxylation sites is 2. The summed E-state index contributed by atoms with van der Waals surface area (Å²) in [5.41, 5.74) is 0.778. The molecule has 4 heteroatoms. The first kappa shape index (κ1) is 14.2. The van der Waals surface area contributed by atoms with Crippen molar-refractivity contribution in [3.63, 3.8) is 0 Å². The number of aliphatic hydroxyl groups excluding tert-OH is 1. The summed E-state index contributed by atoms with van der Waals surface area (Å²) < 4.78 is 15.9. The van der Waals surface area contributed by atoms with Gasteiger partial charge in [0.15, 0.2) is 11.5 Å². The van der Waals surface area contributed by atoms with Crippen LogP contribution < -0.4 is 14.2 Å². The van der Waals surface area contributed by atoms with Crippen molar-refractivity contribution >= 4 is 0 Å². The van der Waals surface area contributed by atoms with Crippen LogP contribution in [0.5, 0.6) is 17.2 Å². The molecule has 0 spiro atoms. The number of aliphatic hydroxyl groups is 1. The minimum atomic E-state index is -0.703. The van der Waals surface area contributed by atoms with E-state index in [1.54, 1.807) is 20.3 Å². The van der Waals surface area contributed by atoms with E-state index in [2.05, 4.69) is 0 Å². The van der Waals surface area contributed by atoms with Gasteiger partial charge in [0.2, 0.25) is 0 Å². The quantitative estimate of drug-likeness (QED) is 0.880. The molecule has 0 fully saturated rings. The fourth-order valence-corrected chi connectivity index (χ4v) is 1.83. The Hall–Kier alpha value is -2.20. The molecule has 0 saturated carbocycles. The Labute approximate surface area is 118 Å². The van der Waals surface area contributed by atoms with Crippen molar-refractivity contribution in [3.05, 3.63) is 54.1 Å². The smallest absolute Gasteiger partial charge is 0.161 e. The summed E-state index contributed by atoms with van der Waals surface area (Å²) in [5.74, 6) is 2.02. The molecular formula is C16H18O4. The molecule has 0 heterocycles. The van der Waals surface area contributed by atoms with Gasteiger partial charge in [-0.25, -0.2) is 0 Å². The lowest BCUT2D eigenvalue weighted by atomic mass is 10.1. The third-order valence-electron chi connectivity index (χ3n) is 2.97. The first-order valence-electron chi connectivity index (χ1n) is 6.32. The second kappa shape index (κ2) is 6.82. The SMILES string of the molecule is COc1ccc(C(O)COc2ccccc2OC)cc1. The van der Waals surface area contributed by atoms with Gasteiger partial charge in [-0.1, -0.05) is 24.3 Å². The summed E-state index contributed by atoms with van der Waals surface area (Å²) in [5, 5.41) is 10.1. The fraction of sp³-hybridized carbons (Fsp3) is 0.250. The Morgan fingerprint density at radius 1 is 0.900 bits per heavy atom. The lowest BCUT2D eigenvalue weighted by Crippen LogP contribution is -2.10. The maximum atomic E-state index is 10.1. The van der Waals surface area contributed by atoms with Crippen molar-refractivity contribution in [1.29, 1.82) is 0 Å². The maximum absolute atomic E-state index is 10.1. The van der Waals surface area contributed by atoms with Crippen LogP contribution in [0.2, 0.25) is 0 Å². The minimum absolute atomic E-state index is 0.159. The summed E-state index contributed by atoms with van der Waals surface area (Å²) in [6.07, 6.45) is -0.703. The van der Waals surface area contributed by atoms with E-state index < -0.39 is 6.10 Å². The number of hydrogen-bond donors (Lipinski definition) is 1. The van der Waals surface area contributed by atoms with Gasteiger partial charge in [-0.2, -0.15) is 0 Å². The molecule has 0 aliphatic rings. The summed E-state index contributed by atoms with van der Waals surface area (Å²) in [4.78, 5) is 0. The van der Waals surface area contributed by atoms with Gasteiger partial charge in [0.05, 0.1) is 14.2 Å². The highest BCUT2D eigenvalue weighted by Gasteiger charge is 2.10. The molecule has 0 aliphatic heterocycles. The van der Waals surface area contributed by atoms with E-state index in [1.165, 1.54) is 0 Å². The van der Waals surface area contributed by atoms with Crippen molar-refractivity contribution < 1.29 is 19.3 Å². The Bertz CT molecular complexity index is 536. The topological polar surface area (TPSA) is 47.9 Å². The highest BCUT2D eigenvalue weighted by atomic mass is 16.5. The molecule has 2 rings (SSSR count). The average molecular weight is 274 g/mol. The standard InChI is InChI=1S/C16H18O4/c1-18-13-9-7-12(8-10-13)14(17)11-20-16-6-4-3-5-15(16)19-2/h3-10,14,17H,11H2,1-2H3. The Kier molecular flexibility index (Phi) is 4.85. The first-order chi connectivity index (χ1) is 9.74. The van der Waals surface area contributed by atoms with Gasteiger partial charge < -0.3 is 19.3 Å². The van der Waals surface area contributed by atoms with Crippen LogP contribution in [0.25, 0.3) is 0 Å². The minimum Gasteiger partial charge on any atom is -0.497 e. The van der Waals surface area contributed by atoms with E-state index in [1.807, 2.05) is 42.5 Å². The molecule has 2 aromatic carbocycles. The van der Waals surface area contributed by atoms with Crippen LogP contribution in [0.1, 0.15) is 11.7 Å². The zero-order chi connectivity index (χ0) is 14.4. The van der Waals surface area contributed by atoms with Crippen molar-refractivity contribution in [2.24, 2.45) is 0 Å². The van der Waals surface area contributed by atoms with Crippen LogP contribution in [0, 0.1) is 0 Å². The van der Waals surface area contributed by atoms with Gasteiger partial charge >= 0.3 is 0 Å². The molecule has 1 unspecified atom stereocenters. The van der Waals surface area contributed by atoms with Crippen LogP contribution in [-0.2, 0) is 0 Å². The van der Waals surface area contributed by atoms with Gasteiger partial charge in [-0.05, 0) is 29.8 Å². The van der Waals surface area contributed by atoms with Gasteiger partial charge in [0, 0.05) is 0 Å². The lowest BCUT2D eigenvalue weighted by molar-refractivity contribution is 0.106. The molecule has 1 atom stereocenters. The van der Waals surface area contributed by atoms with Crippen LogP contribution in [0.4, 0.5) is 0 Å². The molecule has 1 N–H and O–H groups in total. The van der Waals surface area contributed by atoms with Crippen LogP contribution in [-0.4, -0.2) is 25.9 Å². The lowest BCUT2D eigenvalue weighted by Gasteiger charge is -2.14. The second-order valence-corrected chi connectivity index (χ2v) is 4.25. The van der Waals surface area contributed by atoms with Crippen molar-refractivity contribution in [3.8, 4) is 17.2 Å². The highest BCUT2D eigenvalue weighted by Crippen LogP contribution is 2.27. The largest absolute Gasteiger partial charge is 0.497 e. The van der Waals surface area contributed by atoms with E-state index >= 15 is 0 Å². The molecule has 0 amide bonds. The van der Waals surface area contributed by atoms with Crippen LogP contribution in [0.3, 0.4) is 0 Å². The second-order valence-electron chi connectivity index (χ2n) is 4.25. The van der Waals surface area contributed by atoms with E-state index in [0.29, 0.717) is 11.5 Å². The zero-order valence-corrected chi connectivity index (χ0v) is 11.6. The first-order valence-corrected chi connectivity index (χ1v) is 6.32. The van der Waals surface area contributed by atoms with Crippen molar-refractivity contribution in [1.82, 2.24) is 0 Å². The van der Waals surface area contributed by atoms with Gasteiger partial charge in [0.1, 0.15) is 18.5 Å². The molecular weight excluding hydrogens is 256 g/mol. The summed E-state index contributed by atoms with van der Waals surface area (Å²) in [7, 11) is 3.19. The fourth-order valence-electron chi connectivity index (χ4n) is 1.83. The summed E-state index contributed by atoms with van der Waals surface area (Å²) >= 11 is 0. The number of benzene rings is 2. The molecule has 0 saturated heterocycles. The van der Waals surface area contributed by atoms with Gasteiger partial charge in [0.25, 0.3) is 0 Å². The number of methoxy groups -OCH3 is 2. The molecule has 4 nitrogen and oxygen atoms in total. The van der Waals surface area contributed by atoms with Gasteiger partial charge in [-0.15, -0.1) is 0 Å². The Balaban J connectivity index is 1.98. The monoisotopic (exact) mass is 274 g/mol. The number of hydrogen-bond acceptors (Lipinski definition) is 4. The van der Waals surface area contributed by atoms with E-state index in [-0.39, 0.29) is 6.61 Å². The zero-order valence-electron chi connectivity index (χ0n) is 11.6. The molecule has 106 valence electrons. The van der Waals surface area contributed by atoms with Gasteiger partial charge in [-0.3, -0.25) is 0 Å². The molecule has 2 aromatic rings. The van der Waals surface area contributed by atoms with E-state index in [9.17, 15) is 5.11 Å². The molecule has 20 heavy (non-hydrogen) atoms. The molecule has 0 radical (unpaired) electrons. The number of rotatable bonds is 6. The average Bonchev–Trinajstić information content (AvgIpc) is 2.53. The predicted molar refractivity (Wildman–Crippen MR) is 76.4 cm³/mol. The predicted octanol–water partition coefficient (Wildman–Crippen LogP) is 2.82. The summed E-state index contributed by atoms with van der Waals surface area (Å²) in [6.45, 7) is 0.159. The van der Waals surface area contributed by atoms with Crippen molar-refractivity contribution in [2.45, 2.75) is 6.10 Å². The normalized spacial score (nSPS) is 11.8. The highest BCUT2D eigenvalue weighted by molar-refractivity contribution is 5.39. The van der Waals surface area contributed by atoms with Crippen molar-refractivity contribution in [2.75, 3.05) is 20.8 Å². The third-order valence-corrected chi connectivity index (χ3v) is 2.97. The molecule has 0 bridgehead atoms. The van der Waals surface area contributed by atoms with Crippen LogP contribution >= 0.6 is 0 Å². The maximum Gasteiger partial charge on any atom is 0.161 e. The van der Waals surface area contributed by atoms with Crippen LogP contribution in [0.15, 0.2) is 48.5 Å². The van der Waals surface area contributed by atoms with E-state index in [0.717, 1.165) is 11.3 Å². The molecule has 0 aromatic heterocycles.